The summed E-state index contributed by atoms with van der Waals surface area (Å²) in [7, 11) is -1.31. The van der Waals surface area contributed by atoms with E-state index in [1.165, 1.54) is 0 Å². The zero-order valence-corrected chi connectivity index (χ0v) is 10.8. The molecule has 0 bridgehead atoms. The van der Waals surface area contributed by atoms with Crippen molar-refractivity contribution >= 4 is 8.07 Å². The van der Waals surface area contributed by atoms with Crippen LogP contribution in [0, 0.1) is 34.6 Å². The molecule has 0 aliphatic carbocycles. The maximum Gasteiger partial charge on any atom is 0.152 e. The lowest BCUT2D eigenvalue weighted by Crippen LogP contribution is -2.16. The summed E-state index contributed by atoms with van der Waals surface area (Å²) < 4.78 is 0. The van der Waals surface area contributed by atoms with Gasteiger partial charge in [-0.2, -0.15) is 5.26 Å². The van der Waals surface area contributed by atoms with Gasteiger partial charge in [0.2, 0.25) is 0 Å². The second-order valence-electron chi connectivity index (χ2n) is 4.44. The molecule has 1 nitrogen and oxygen atoms in total. The van der Waals surface area contributed by atoms with Gasteiger partial charge in [0.15, 0.2) is 6.07 Å². The smallest absolute Gasteiger partial charge is 0.152 e. The zero-order valence-electron chi connectivity index (χ0n) is 9.76. The molecule has 0 fully saturated rings. The quantitative estimate of drug-likeness (QED) is 0.490. The van der Waals surface area contributed by atoms with Crippen molar-refractivity contribution in [2.45, 2.75) is 19.6 Å². The normalized spacial score (nSPS) is 9.12. The van der Waals surface area contributed by atoms with Gasteiger partial charge in [-0.1, -0.05) is 31.5 Å². The number of hydrogen-bond acceptors (Lipinski definition) is 1. The topological polar surface area (TPSA) is 23.8 Å². The van der Waals surface area contributed by atoms with Gasteiger partial charge in [-0.3, -0.25) is 0 Å². The first-order valence-corrected chi connectivity index (χ1v) is 8.54. The molecule has 0 aliphatic rings. The molecule has 1 aromatic rings. The Morgan fingerprint density at radius 2 is 1.44 bits per heavy atom. The Morgan fingerprint density at radius 1 is 0.938 bits per heavy atom. The number of nitriles is 1. The van der Waals surface area contributed by atoms with Crippen LogP contribution >= 0.6 is 0 Å². The minimum absolute atomic E-state index is 0.847. The third-order valence-electron chi connectivity index (χ3n) is 1.73. The van der Waals surface area contributed by atoms with Crippen molar-refractivity contribution in [1.82, 2.24) is 0 Å². The van der Waals surface area contributed by atoms with Crippen molar-refractivity contribution in [3.05, 3.63) is 35.4 Å². The number of rotatable bonds is 0. The largest absolute Gasteiger partial charge is 0.183 e. The highest BCUT2D eigenvalue weighted by molar-refractivity contribution is 6.83. The molecule has 0 radical (unpaired) electrons. The lowest BCUT2D eigenvalue weighted by Gasteiger charge is -2.03. The van der Waals surface area contributed by atoms with Crippen LogP contribution in [-0.4, -0.2) is 8.07 Å². The molecule has 0 amide bonds. The third-order valence-corrected chi connectivity index (χ3v) is 2.60. The van der Waals surface area contributed by atoms with Crippen LogP contribution in [0.15, 0.2) is 24.3 Å². The van der Waals surface area contributed by atoms with Gasteiger partial charge in [-0.15, -0.1) is 5.54 Å². The predicted molar refractivity (Wildman–Crippen MR) is 69.2 cm³/mol. The molecule has 16 heavy (non-hydrogen) atoms. The van der Waals surface area contributed by atoms with Crippen LogP contribution in [-0.2, 0) is 0 Å². The first-order chi connectivity index (χ1) is 7.51. The summed E-state index contributed by atoms with van der Waals surface area (Å²) in [5.74, 6) is 8.28. The van der Waals surface area contributed by atoms with E-state index in [4.69, 9.17) is 5.26 Å². The van der Waals surface area contributed by atoms with Crippen LogP contribution in [0.5, 0.6) is 0 Å². The van der Waals surface area contributed by atoms with Crippen molar-refractivity contribution in [2.75, 3.05) is 0 Å². The summed E-state index contributed by atoms with van der Waals surface area (Å²) >= 11 is 0. The summed E-state index contributed by atoms with van der Waals surface area (Å²) in [6.45, 7) is 6.65. The first-order valence-electron chi connectivity index (χ1n) is 5.04. The van der Waals surface area contributed by atoms with Gasteiger partial charge in [-0.25, -0.2) is 0 Å². The second-order valence-corrected chi connectivity index (χ2v) is 9.19. The summed E-state index contributed by atoms with van der Waals surface area (Å²) in [6.07, 6.45) is 0. The van der Waals surface area contributed by atoms with Gasteiger partial charge in [0.25, 0.3) is 0 Å². The van der Waals surface area contributed by atoms with Crippen LogP contribution in [0.2, 0.25) is 19.6 Å². The molecule has 0 saturated carbocycles. The van der Waals surface area contributed by atoms with Crippen molar-refractivity contribution in [2.24, 2.45) is 0 Å². The van der Waals surface area contributed by atoms with Crippen molar-refractivity contribution in [3.63, 3.8) is 0 Å². The molecule has 2 heteroatoms. The van der Waals surface area contributed by atoms with Gasteiger partial charge >= 0.3 is 0 Å². The first kappa shape index (κ1) is 12.1. The maximum absolute atomic E-state index is 8.31. The molecule has 0 unspecified atom stereocenters. The molecular formula is C14H13NSi. The van der Waals surface area contributed by atoms with E-state index in [-0.39, 0.29) is 0 Å². The van der Waals surface area contributed by atoms with E-state index in [1.807, 2.05) is 24.3 Å². The molecule has 0 spiro atoms. The standard InChI is InChI=1S/C14H13NSi/c1-16(2,3)12-10-14-8-6-13(7-9-14)5-4-11-15/h6-9H,1-3H3. The van der Waals surface area contributed by atoms with E-state index >= 15 is 0 Å². The molecule has 0 heterocycles. The minimum atomic E-state index is -1.31. The van der Waals surface area contributed by atoms with E-state index in [1.54, 1.807) is 6.07 Å². The Hall–Kier alpha value is -1.95. The average Bonchev–Trinajstić information content (AvgIpc) is 2.24. The van der Waals surface area contributed by atoms with Crippen LogP contribution in [0.25, 0.3) is 0 Å². The monoisotopic (exact) mass is 223 g/mol. The van der Waals surface area contributed by atoms with E-state index in [0.29, 0.717) is 0 Å². The Morgan fingerprint density at radius 3 is 1.88 bits per heavy atom. The zero-order chi connectivity index (χ0) is 12.0. The summed E-state index contributed by atoms with van der Waals surface area (Å²) in [5, 5.41) is 8.31. The lowest BCUT2D eigenvalue weighted by molar-refractivity contribution is 1.54. The highest BCUT2D eigenvalue weighted by atomic mass is 28.3. The molecule has 0 atom stereocenters. The fraction of sp³-hybridized carbons (Fsp3) is 0.214. The highest BCUT2D eigenvalue weighted by Crippen LogP contribution is 2.03. The Kier molecular flexibility index (Phi) is 3.95. The Balaban J connectivity index is 2.88. The molecular weight excluding hydrogens is 210 g/mol. The molecule has 78 valence electrons. The SMILES string of the molecule is C[Si](C)(C)C#Cc1ccc(C#CC#N)cc1. The van der Waals surface area contributed by atoms with Gasteiger partial charge in [0.05, 0.1) is 0 Å². The van der Waals surface area contributed by atoms with Crippen LogP contribution < -0.4 is 0 Å². The summed E-state index contributed by atoms with van der Waals surface area (Å²) in [6, 6.07) is 9.45. The highest BCUT2D eigenvalue weighted by Gasteiger charge is 2.07. The molecule has 0 aliphatic heterocycles. The van der Waals surface area contributed by atoms with Crippen LogP contribution in [0.3, 0.4) is 0 Å². The van der Waals surface area contributed by atoms with Crippen LogP contribution in [0.1, 0.15) is 11.1 Å². The lowest BCUT2D eigenvalue weighted by atomic mass is 10.1. The van der Waals surface area contributed by atoms with Crippen molar-refractivity contribution in [1.29, 1.82) is 5.26 Å². The van der Waals surface area contributed by atoms with Crippen molar-refractivity contribution < 1.29 is 0 Å². The van der Waals surface area contributed by atoms with Gasteiger partial charge in [0, 0.05) is 17.0 Å². The second kappa shape index (κ2) is 5.22. The van der Waals surface area contributed by atoms with E-state index in [2.05, 4.69) is 42.9 Å². The van der Waals surface area contributed by atoms with Gasteiger partial charge in [-0.05, 0) is 24.3 Å². The van der Waals surface area contributed by atoms with E-state index < -0.39 is 8.07 Å². The molecule has 1 aromatic carbocycles. The molecule has 0 N–H and O–H groups in total. The van der Waals surface area contributed by atoms with Gasteiger partial charge in [0.1, 0.15) is 8.07 Å². The minimum Gasteiger partial charge on any atom is -0.183 e. The molecule has 0 aromatic heterocycles. The van der Waals surface area contributed by atoms with Crippen LogP contribution in [0.4, 0.5) is 0 Å². The van der Waals surface area contributed by atoms with Gasteiger partial charge < -0.3 is 0 Å². The average molecular weight is 223 g/mol. The Bertz CT molecular complexity index is 519. The van der Waals surface area contributed by atoms with E-state index in [0.717, 1.165) is 11.1 Å². The predicted octanol–water partition coefficient (Wildman–Crippen LogP) is 2.79. The summed E-state index contributed by atoms with van der Waals surface area (Å²) in [4.78, 5) is 0. The maximum atomic E-state index is 8.31. The third kappa shape index (κ3) is 4.51. The van der Waals surface area contributed by atoms with Crippen molar-refractivity contribution in [3.8, 4) is 29.4 Å². The molecule has 1 rings (SSSR count). The Labute approximate surface area is 98.1 Å². The fourth-order valence-corrected chi connectivity index (χ4v) is 1.52. The number of nitrogens with zero attached hydrogens (tertiary/aromatic N) is 1. The number of hydrogen-bond donors (Lipinski definition) is 0. The van der Waals surface area contributed by atoms with E-state index in [9.17, 15) is 0 Å². The molecule has 0 saturated heterocycles. The fourth-order valence-electron chi connectivity index (χ4n) is 0.997. The summed E-state index contributed by atoms with van der Waals surface area (Å²) in [5.41, 5.74) is 5.15. The number of benzene rings is 1.